The van der Waals surface area contributed by atoms with Gasteiger partial charge in [-0.15, -0.1) is 0 Å². The molecule has 2 rings (SSSR count). The maximum atomic E-state index is 12.3. The van der Waals surface area contributed by atoms with Gasteiger partial charge in [0.05, 0.1) is 13.2 Å². The van der Waals surface area contributed by atoms with E-state index in [1.54, 1.807) is 0 Å². The molecule has 0 bridgehead atoms. The highest BCUT2D eigenvalue weighted by Gasteiger charge is 2.41. The smallest absolute Gasteiger partial charge is 0.410 e. The third-order valence-electron chi connectivity index (χ3n) is 4.06. The Morgan fingerprint density at radius 2 is 1.90 bits per heavy atom. The molecule has 6 nitrogen and oxygen atoms in total. The van der Waals surface area contributed by atoms with Gasteiger partial charge in [-0.3, -0.25) is 10.1 Å². The summed E-state index contributed by atoms with van der Waals surface area (Å²) in [6, 6.07) is -0.00605. The maximum Gasteiger partial charge on any atom is 0.410 e. The van der Waals surface area contributed by atoms with E-state index in [0.29, 0.717) is 6.42 Å². The second-order valence-corrected chi connectivity index (χ2v) is 6.81. The molecule has 2 heterocycles. The van der Waals surface area contributed by atoms with Gasteiger partial charge >= 0.3 is 12.1 Å². The monoisotopic (exact) mass is 298 g/mol. The molecule has 120 valence electrons. The van der Waals surface area contributed by atoms with Crippen LogP contribution in [0, 0.1) is 0 Å². The summed E-state index contributed by atoms with van der Waals surface area (Å²) in [5, 5.41) is 3.33. The number of piperidine rings is 2. The molecule has 0 aromatic carbocycles. The molecule has 3 atom stereocenters. The molecule has 1 amide bonds. The summed E-state index contributed by atoms with van der Waals surface area (Å²) in [4.78, 5) is 25.8. The Hall–Kier alpha value is -1.30. The van der Waals surface area contributed by atoms with Crippen LogP contribution in [-0.2, 0) is 14.3 Å². The third kappa shape index (κ3) is 3.87. The fourth-order valence-corrected chi connectivity index (χ4v) is 3.16. The minimum absolute atomic E-state index is 0.106. The molecule has 2 aliphatic rings. The van der Waals surface area contributed by atoms with Gasteiger partial charge in [-0.25, -0.2) is 4.79 Å². The first kappa shape index (κ1) is 16.1. The van der Waals surface area contributed by atoms with E-state index in [1.807, 2.05) is 25.7 Å². The number of hydrogen-bond acceptors (Lipinski definition) is 5. The Balaban J connectivity index is 2.01. The van der Waals surface area contributed by atoms with Crippen LogP contribution in [0.15, 0.2) is 0 Å². The van der Waals surface area contributed by atoms with Crippen molar-refractivity contribution in [3.8, 4) is 0 Å². The molecule has 0 unspecified atom stereocenters. The first-order chi connectivity index (χ1) is 9.81. The predicted octanol–water partition coefficient (Wildman–Crippen LogP) is 1.68. The average Bonchev–Trinajstić information content (AvgIpc) is 2.43. The predicted molar refractivity (Wildman–Crippen MR) is 77.9 cm³/mol. The average molecular weight is 298 g/mol. The van der Waals surface area contributed by atoms with Crippen LogP contribution in [0.3, 0.4) is 0 Å². The van der Waals surface area contributed by atoms with Crippen molar-refractivity contribution in [1.82, 2.24) is 10.2 Å². The second kappa shape index (κ2) is 6.22. The quantitative estimate of drug-likeness (QED) is 0.746. The molecule has 0 aliphatic carbocycles. The summed E-state index contributed by atoms with van der Waals surface area (Å²) in [5.74, 6) is -0.220. The lowest BCUT2D eigenvalue weighted by molar-refractivity contribution is -0.144. The van der Waals surface area contributed by atoms with Crippen molar-refractivity contribution >= 4 is 12.1 Å². The van der Waals surface area contributed by atoms with Gasteiger partial charge in [0.2, 0.25) is 0 Å². The van der Waals surface area contributed by atoms with Gasteiger partial charge in [0.15, 0.2) is 0 Å². The Morgan fingerprint density at radius 1 is 1.19 bits per heavy atom. The SMILES string of the molecule is COC(=O)[C@@H]1CC[C@@H]2[C@H](CCCN2C(=O)OC(C)(C)C)N1. The number of fused-ring (bicyclic) bond motifs is 1. The van der Waals surface area contributed by atoms with Crippen molar-refractivity contribution in [3.63, 3.8) is 0 Å². The number of methoxy groups -OCH3 is 1. The van der Waals surface area contributed by atoms with Crippen LogP contribution in [0.5, 0.6) is 0 Å². The highest BCUT2D eigenvalue weighted by atomic mass is 16.6. The van der Waals surface area contributed by atoms with E-state index < -0.39 is 5.60 Å². The van der Waals surface area contributed by atoms with Gasteiger partial charge in [0.1, 0.15) is 11.6 Å². The molecule has 1 N–H and O–H groups in total. The number of carbonyl (C=O) groups is 2. The first-order valence-electron chi connectivity index (χ1n) is 7.65. The zero-order valence-corrected chi connectivity index (χ0v) is 13.3. The summed E-state index contributed by atoms with van der Waals surface area (Å²) in [6.45, 7) is 6.34. The Kier molecular flexibility index (Phi) is 4.76. The van der Waals surface area contributed by atoms with Gasteiger partial charge in [-0.1, -0.05) is 0 Å². The Morgan fingerprint density at radius 3 is 2.52 bits per heavy atom. The van der Waals surface area contributed by atoms with Crippen LogP contribution in [0.1, 0.15) is 46.5 Å². The second-order valence-electron chi connectivity index (χ2n) is 6.81. The van der Waals surface area contributed by atoms with Crippen molar-refractivity contribution in [2.45, 2.75) is 70.2 Å². The lowest BCUT2D eigenvalue weighted by Crippen LogP contribution is -2.62. The highest BCUT2D eigenvalue weighted by molar-refractivity contribution is 5.76. The van der Waals surface area contributed by atoms with Gasteiger partial charge in [-0.05, 0) is 46.5 Å². The van der Waals surface area contributed by atoms with Crippen LogP contribution in [0.25, 0.3) is 0 Å². The van der Waals surface area contributed by atoms with Crippen LogP contribution in [0.4, 0.5) is 4.79 Å². The number of hydrogen-bond donors (Lipinski definition) is 1. The maximum absolute atomic E-state index is 12.3. The molecule has 0 aromatic rings. The van der Waals surface area contributed by atoms with E-state index >= 15 is 0 Å². The molecule has 21 heavy (non-hydrogen) atoms. The number of rotatable bonds is 1. The zero-order chi connectivity index (χ0) is 15.6. The molecule has 2 aliphatic heterocycles. The van der Waals surface area contributed by atoms with E-state index in [9.17, 15) is 9.59 Å². The van der Waals surface area contributed by atoms with Gasteiger partial charge in [0, 0.05) is 12.6 Å². The summed E-state index contributed by atoms with van der Waals surface area (Å²) < 4.78 is 10.3. The fourth-order valence-electron chi connectivity index (χ4n) is 3.16. The number of likely N-dealkylation sites (tertiary alicyclic amines) is 1. The molecular weight excluding hydrogens is 272 g/mol. The van der Waals surface area contributed by atoms with E-state index in [2.05, 4.69) is 5.32 Å². The topological polar surface area (TPSA) is 67.9 Å². The Bertz CT molecular complexity index is 405. The van der Waals surface area contributed by atoms with Crippen LogP contribution >= 0.6 is 0 Å². The van der Waals surface area contributed by atoms with Crippen LogP contribution < -0.4 is 5.32 Å². The van der Waals surface area contributed by atoms with Gasteiger partial charge in [-0.2, -0.15) is 0 Å². The molecule has 0 spiro atoms. The van der Waals surface area contributed by atoms with Crippen LogP contribution in [-0.4, -0.2) is 54.3 Å². The van der Waals surface area contributed by atoms with E-state index in [1.165, 1.54) is 7.11 Å². The molecule has 2 fully saturated rings. The lowest BCUT2D eigenvalue weighted by Gasteiger charge is -2.46. The summed E-state index contributed by atoms with van der Waals surface area (Å²) in [6.07, 6.45) is 3.12. The molecule has 0 radical (unpaired) electrons. The molecular formula is C15H26N2O4. The number of nitrogens with one attached hydrogen (secondary N) is 1. The summed E-state index contributed by atoms with van der Waals surface area (Å²) in [5.41, 5.74) is -0.485. The highest BCUT2D eigenvalue weighted by Crippen LogP contribution is 2.28. The molecule has 2 saturated heterocycles. The minimum Gasteiger partial charge on any atom is -0.468 e. The first-order valence-corrected chi connectivity index (χ1v) is 7.65. The number of esters is 1. The summed E-state index contributed by atoms with van der Waals surface area (Å²) >= 11 is 0. The minimum atomic E-state index is -0.485. The van der Waals surface area contributed by atoms with E-state index in [0.717, 1.165) is 25.8 Å². The number of carbonyl (C=O) groups excluding carboxylic acids is 2. The third-order valence-corrected chi connectivity index (χ3v) is 4.06. The van der Waals surface area contributed by atoms with Crippen molar-refractivity contribution in [2.24, 2.45) is 0 Å². The standard InChI is InChI=1S/C15H26N2O4/c1-15(2,3)21-14(19)17-9-5-6-10-12(17)8-7-11(16-10)13(18)20-4/h10-12,16H,5-9H2,1-4H3/t10-,11-,12+/m0/s1. The van der Waals surface area contributed by atoms with Crippen molar-refractivity contribution in [3.05, 3.63) is 0 Å². The normalized spacial score (nSPS) is 29.5. The molecule has 0 saturated carbocycles. The number of nitrogens with zero attached hydrogens (tertiary/aromatic N) is 1. The van der Waals surface area contributed by atoms with E-state index in [-0.39, 0.29) is 30.2 Å². The Labute approximate surface area is 126 Å². The number of amides is 1. The molecule has 6 heteroatoms. The number of ether oxygens (including phenoxy) is 2. The summed E-state index contributed by atoms with van der Waals surface area (Å²) in [7, 11) is 1.41. The zero-order valence-electron chi connectivity index (χ0n) is 13.3. The largest absolute Gasteiger partial charge is 0.468 e. The lowest BCUT2D eigenvalue weighted by atomic mass is 9.87. The van der Waals surface area contributed by atoms with Gasteiger partial charge < -0.3 is 14.4 Å². The van der Waals surface area contributed by atoms with E-state index in [4.69, 9.17) is 9.47 Å². The van der Waals surface area contributed by atoms with Crippen molar-refractivity contribution < 1.29 is 19.1 Å². The van der Waals surface area contributed by atoms with Crippen molar-refractivity contribution in [1.29, 1.82) is 0 Å². The van der Waals surface area contributed by atoms with Crippen molar-refractivity contribution in [2.75, 3.05) is 13.7 Å². The molecule has 0 aromatic heterocycles. The fraction of sp³-hybridized carbons (Fsp3) is 0.867. The van der Waals surface area contributed by atoms with Crippen LogP contribution in [0.2, 0.25) is 0 Å². The van der Waals surface area contributed by atoms with Gasteiger partial charge in [0.25, 0.3) is 0 Å².